The van der Waals surface area contributed by atoms with Crippen LogP contribution in [0.15, 0.2) is 53.3 Å². The first-order valence-electron chi connectivity index (χ1n) is 8.86. The molecule has 27 heavy (non-hydrogen) atoms. The van der Waals surface area contributed by atoms with Gasteiger partial charge in [-0.2, -0.15) is 0 Å². The molecule has 2 atom stereocenters. The molecule has 146 valence electrons. The molecule has 1 aromatic heterocycles. The largest absolute Gasteiger partial charge is 0.389 e. The van der Waals surface area contributed by atoms with Gasteiger partial charge in [0.2, 0.25) is 0 Å². The van der Waals surface area contributed by atoms with Gasteiger partial charge in [-0.15, -0.1) is 12.4 Å². The van der Waals surface area contributed by atoms with Gasteiger partial charge in [0, 0.05) is 13.1 Å². The highest BCUT2D eigenvalue weighted by Crippen LogP contribution is 2.26. The van der Waals surface area contributed by atoms with Crippen LogP contribution in [0.4, 0.5) is 4.39 Å². The summed E-state index contributed by atoms with van der Waals surface area (Å²) in [5.74, 6) is -0.408. The molecule has 0 aliphatic rings. The van der Waals surface area contributed by atoms with E-state index >= 15 is 0 Å². The summed E-state index contributed by atoms with van der Waals surface area (Å²) in [6, 6.07) is 13.1. The molecular formula is C20H25ClFN3O2. The van der Waals surface area contributed by atoms with Crippen LogP contribution in [0.3, 0.4) is 0 Å². The van der Waals surface area contributed by atoms with Crippen LogP contribution in [0, 0.1) is 5.82 Å². The third-order valence-electron chi connectivity index (χ3n) is 4.57. The Balaban J connectivity index is 0.00000261. The number of aromatic nitrogens is 2. The third-order valence-corrected chi connectivity index (χ3v) is 4.57. The number of hydrogen-bond acceptors (Lipinski definition) is 3. The van der Waals surface area contributed by atoms with Gasteiger partial charge >= 0.3 is 5.69 Å². The Hall–Kier alpha value is -2.15. The molecule has 2 aromatic carbocycles. The molecule has 0 bridgehead atoms. The fourth-order valence-electron chi connectivity index (χ4n) is 3.48. The quantitative estimate of drug-likeness (QED) is 0.648. The molecule has 0 saturated heterocycles. The number of nitrogens with one attached hydrogen (secondary N) is 1. The molecule has 0 amide bonds. The number of aliphatic hydroxyl groups excluding tert-OH is 1. The third kappa shape index (κ3) is 4.08. The summed E-state index contributed by atoms with van der Waals surface area (Å²) >= 11 is 0. The summed E-state index contributed by atoms with van der Waals surface area (Å²) in [6.07, 6.45) is -0.0603. The Kier molecular flexibility index (Phi) is 7.18. The monoisotopic (exact) mass is 393 g/mol. The predicted octanol–water partition coefficient (Wildman–Crippen LogP) is 2.94. The summed E-state index contributed by atoms with van der Waals surface area (Å²) in [5, 5.41) is 13.7. The molecular weight excluding hydrogens is 369 g/mol. The molecule has 0 aliphatic heterocycles. The lowest BCUT2D eigenvalue weighted by atomic mass is 10.0. The molecule has 2 N–H and O–H groups in total. The smallest absolute Gasteiger partial charge is 0.329 e. The molecule has 0 saturated carbocycles. The van der Waals surface area contributed by atoms with Crippen molar-refractivity contribution in [3.63, 3.8) is 0 Å². The van der Waals surface area contributed by atoms with Crippen molar-refractivity contribution in [3.05, 3.63) is 70.4 Å². The second-order valence-corrected chi connectivity index (χ2v) is 6.42. The van der Waals surface area contributed by atoms with Crippen molar-refractivity contribution < 1.29 is 9.50 Å². The van der Waals surface area contributed by atoms with E-state index in [1.807, 2.05) is 37.3 Å². The maximum absolute atomic E-state index is 14.0. The van der Waals surface area contributed by atoms with E-state index in [1.54, 1.807) is 17.7 Å². The number of fused-ring (bicyclic) bond motifs is 1. The number of nitrogens with zero attached hydrogens (tertiary/aromatic N) is 2. The molecule has 7 heteroatoms. The van der Waals surface area contributed by atoms with Crippen LogP contribution in [0.1, 0.15) is 24.9 Å². The lowest BCUT2D eigenvalue weighted by molar-refractivity contribution is 0.130. The number of halogens is 2. The van der Waals surface area contributed by atoms with E-state index in [9.17, 15) is 14.3 Å². The Morgan fingerprint density at radius 3 is 2.48 bits per heavy atom. The molecule has 3 aromatic rings. The van der Waals surface area contributed by atoms with Gasteiger partial charge in [-0.25, -0.2) is 9.18 Å². The molecule has 0 unspecified atom stereocenters. The molecule has 1 heterocycles. The summed E-state index contributed by atoms with van der Waals surface area (Å²) in [4.78, 5) is 13.2. The van der Waals surface area contributed by atoms with Gasteiger partial charge in [-0.3, -0.25) is 9.13 Å². The van der Waals surface area contributed by atoms with E-state index in [-0.39, 0.29) is 18.1 Å². The maximum atomic E-state index is 14.0. The van der Waals surface area contributed by atoms with E-state index in [2.05, 4.69) is 5.32 Å². The zero-order valence-electron chi connectivity index (χ0n) is 15.4. The Morgan fingerprint density at radius 2 is 1.85 bits per heavy atom. The van der Waals surface area contributed by atoms with Gasteiger partial charge in [0.05, 0.1) is 23.2 Å². The number of benzene rings is 2. The maximum Gasteiger partial charge on any atom is 0.329 e. The van der Waals surface area contributed by atoms with Crippen molar-refractivity contribution in [3.8, 4) is 0 Å². The Labute approximate surface area is 163 Å². The first kappa shape index (κ1) is 21.2. The van der Waals surface area contributed by atoms with Crippen molar-refractivity contribution in [2.75, 3.05) is 13.6 Å². The van der Waals surface area contributed by atoms with Crippen LogP contribution < -0.4 is 11.0 Å². The van der Waals surface area contributed by atoms with Gasteiger partial charge in [-0.05, 0) is 37.2 Å². The second kappa shape index (κ2) is 9.17. The molecule has 3 rings (SSSR count). The number of rotatable bonds is 7. The number of hydrogen-bond donors (Lipinski definition) is 2. The van der Waals surface area contributed by atoms with Gasteiger partial charge < -0.3 is 10.4 Å². The summed E-state index contributed by atoms with van der Waals surface area (Å²) < 4.78 is 17.1. The van der Waals surface area contributed by atoms with Gasteiger partial charge in [0.15, 0.2) is 0 Å². The van der Waals surface area contributed by atoms with Gasteiger partial charge in [-0.1, -0.05) is 37.3 Å². The number of aliphatic hydroxyl groups is 1. The highest BCUT2D eigenvalue weighted by molar-refractivity contribution is 5.85. The normalized spacial score (nSPS) is 13.3. The second-order valence-electron chi connectivity index (χ2n) is 6.42. The van der Waals surface area contributed by atoms with Crippen LogP contribution >= 0.6 is 12.4 Å². The van der Waals surface area contributed by atoms with Crippen LogP contribution in [0.25, 0.3) is 11.0 Å². The van der Waals surface area contributed by atoms with Crippen molar-refractivity contribution >= 4 is 23.4 Å². The Morgan fingerprint density at radius 1 is 1.15 bits per heavy atom. The van der Waals surface area contributed by atoms with Crippen molar-refractivity contribution in [1.82, 2.24) is 14.5 Å². The number of imidazole rings is 1. The fraction of sp³-hybridized carbons (Fsp3) is 0.350. The SMILES string of the molecule is CCCn1c(=O)n([C@@H](c2ccccc2)[C@@H](O)CNC)c2cc(F)ccc21.Cl. The van der Waals surface area contributed by atoms with E-state index in [1.165, 1.54) is 16.7 Å². The number of likely N-dealkylation sites (N-methyl/N-ethyl adjacent to an activating group) is 1. The molecule has 0 radical (unpaired) electrons. The van der Waals surface area contributed by atoms with Crippen LogP contribution in [-0.2, 0) is 6.54 Å². The average molecular weight is 394 g/mol. The van der Waals surface area contributed by atoms with Crippen LogP contribution in [0.2, 0.25) is 0 Å². The van der Waals surface area contributed by atoms with E-state index in [0.717, 1.165) is 12.0 Å². The molecule has 0 aliphatic carbocycles. The lowest BCUT2D eigenvalue weighted by Gasteiger charge is -2.25. The highest BCUT2D eigenvalue weighted by Gasteiger charge is 2.27. The molecule has 5 nitrogen and oxygen atoms in total. The van der Waals surface area contributed by atoms with Gasteiger partial charge in [0.1, 0.15) is 5.82 Å². The molecule has 0 spiro atoms. The molecule has 0 fully saturated rings. The van der Waals surface area contributed by atoms with Crippen molar-refractivity contribution in [1.29, 1.82) is 0 Å². The summed E-state index contributed by atoms with van der Waals surface area (Å²) in [6.45, 7) is 2.84. The summed E-state index contributed by atoms with van der Waals surface area (Å²) in [7, 11) is 1.74. The fourth-order valence-corrected chi connectivity index (χ4v) is 3.48. The first-order valence-corrected chi connectivity index (χ1v) is 8.86. The minimum Gasteiger partial charge on any atom is -0.389 e. The van der Waals surface area contributed by atoms with Crippen LogP contribution in [-0.4, -0.2) is 33.9 Å². The van der Waals surface area contributed by atoms with Crippen molar-refractivity contribution in [2.24, 2.45) is 0 Å². The lowest BCUT2D eigenvalue weighted by Crippen LogP contribution is -2.38. The number of aryl methyl sites for hydroxylation is 1. The first-order chi connectivity index (χ1) is 12.6. The minimum absolute atomic E-state index is 0. The van der Waals surface area contributed by atoms with E-state index in [4.69, 9.17) is 0 Å². The van der Waals surface area contributed by atoms with Crippen molar-refractivity contribution in [2.45, 2.75) is 32.0 Å². The topological polar surface area (TPSA) is 59.2 Å². The predicted molar refractivity (Wildman–Crippen MR) is 108 cm³/mol. The van der Waals surface area contributed by atoms with Crippen LogP contribution in [0.5, 0.6) is 0 Å². The van der Waals surface area contributed by atoms with E-state index in [0.29, 0.717) is 24.1 Å². The Bertz CT molecular complexity index is 940. The van der Waals surface area contributed by atoms with Gasteiger partial charge in [0.25, 0.3) is 0 Å². The highest BCUT2D eigenvalue weighted by atomic mass is 35.5. The summed E-state index contributed by atoms with van der Waals surface area (Å²) in [5.41, 5.74) is 1.73. The zero-order chi connectivity index (χ0) is 18.7. The van der Waals surface area contributed by atoms with E-state index < -0.39 is 18.0 Å². The zero-order valence-corrected chi connectivity index (χ0v) is 16.2. The average Bonchev–Trinajstić information content (AvgIpc) is 2.89. The standard InChI is InChI=1S/C20H24FN3O2.ClH/c1-3-11-23-16-10-9-15(21)12-17(16)24(20(23)26)19(18(25)13-22-2)14-7-5-4-6-8-14;/h4-10,12,18-19,22,25H,3,11,13H2,1-2H3;1H/t18-,19-;/m0./s1. The minimum atomic E-state index is -0.843.